The molecule has 0 atom stereocenters. The first-order valence-corrected chi connectivity index (χ1v) is 10.2. The van der Waals surface area contributed by atoms with Gasteiger partial charge >= 0.3 is 8.88 Å². The van der Waals surface area contributed by atoms with Crippen LogP contribution in [0.3, 0.4) is 0 Å². The maximum Gasteiger partial charge on any atom is 0.588 e. The molecule has 0 aromatic carbocycles. The Morgan fingerprint density at radius 1 is 0.783 bits per heavy atom. The predicted molar refractivity (Wildman–Crippen MR) is 97.9 cm³/mol. The van der Waals surface area contributed by atoms with Crippen molar-refractivity contribution >= 4 is 8.88 Å². The van der Waals surface area contributed by atoms with E-state index in [9.17, 15) is 0 Å². The van der Waals surface area contributed by atoms with Gasteiger partial charge < -0.3 is 27.8 Å². The lowest BCUT2D eigenvalue weighted by Crippen LogP contribution is -2.67. The van der Waals surface area contributed by atoms with Crippen LogP contribution in [-0.2, 0) is 8.85 Å². The second kappa shape index (κ2) is 9.03. The molecule has 1 aliphatic rings. The zero-order chi connectivity index (χ0) is 17.6. The lowest BCUT2D eigenvalue weighted by atomic mass is 10.4. The number of likely N-dealkylation sites (N-methyl/N-ethyl adjacent to an activating group) is 2. The minimum Gasteiger partial charge on any atom is -0.360 e. The molecule has 0 aromatic heterocycles. The first-order chi connectivity index (χ1) is 10.7. The number of hydrogen-bond acceptors (Lipinski definition) is 6. The highest BCUT2D eigenvalue weighted by Gasteiger charge is 2.56. The van der Waals surface area contributed by atoms with Gasteiger partial charge in [-0.15, -0.1) is 0 Å². The molecule has 0 saturated heterocycles. The van der Waals surface area contributed by atoms with E-state index in [0.717, 1.165) is 13.1 Å². The van der Waals surface area contributed by atoms with Gasteiger partial charge in [-0.05, 0) is 55.9 Å². The summed E-state index contributed by atoms with van der Waals surface area (Å²) >= 11 is 0. The molecule has 0 unspecified atom stereocenters. The summed E-state index contributed by atoms with van der Waals surface area (Å²) in [5, 5.41) is 0. The van der Waals surface area contributed by atoms with Gasteiger partial charge in [0.1, 0.15) is 0 Å². The molecule has 0 aromatic rings. The Morgan fingerprint density at radius 2 is 1.13 bits per heavy atom. The molecule has 1 rings (SSSR count). The Labute approximate surface area is 144 Å². The van der Waals surface area contributed by atoms with E-state index in [0.29, 0.717) is 25.3 Å². The lowest BCUT2D eigenvalue weighted by Gasteiger charge is -2.43. The normalized spacial score (nSPS) is 17.6. The minimum absolute atomic E-state index is 0.348. The predicted octanol–water partition coefficient (Wildman–Crippen LogP) is 1.48. The number of hydrogen-bond donors (Lipinski definition) is 0. The van der Waals surface area contributed by atoms with E-state index < -0.39 is 8.88 Å². The Balaban J connectivity index is 2.95. The molecule has 136 valence electrons. The second-order valence-corrected chi connectivity index (χ2v) is 9.86. The Hall–Kier alpha value is -0.603. The van der Waals surface area contributed by atoms with E-state index in [-0.39, 0.29) is 0 Å². The summed E-state index contributed by atoms with van der Waals surface area (Å²) in [6, 6.07) is 0.695. The van der Waals surface area contributed by atoms with Gasteiger partial charge in [0.25, 0.3) is 0 Å². The molecule has 0 bridgehead atoms. The van der Waals surface area contributed by atoms with Crippen molar-refractivity contribution in [2.75, 3.05) is 54.5 Å². The summed E-state index contributed by atoms with van der Waals surface area (Å²) in [5.74, 6) is 0. The number of rotatable bonds is 10. The molecular formula is C16H36N4O2Si. The molecular weight excluding hydrogens is 308 g/mol. The largest absolute Gasteiger partial charge is 0.588 e. The molecule has 0 saturated carbocycles. The molecule has 0 spiro atoms. The molecule has 0 N–H and O–H groups in total. The maximum absolute atomic E-state index is 6.48. The van der Waals surface area contributed by atoms with Crippen LogP contribution < -0.4 is 0 Å². The third-order valence-corrected chi connectivity index (χ3v) is 7.61. The molecule has 0 radical (unpaired) electrons. The van der Waals surface area contributed by atoms with Crippen LogP contribution in [-0.4, -0.2) is 94.4 Å². The van der Waals surface area contributed by atoms with Crippen LogP contribution in [0.5, 0.6) is 0 Å². The van der Waals surface area contributed by atoms with Crippen LogP contribution in [0, 0.1) is 0 Å². The first kappa shape index (κ1) is 20.4. The van der Waals surface area contributed by atoms with Gasteiger partial charge in [-0.3, -0.25) is 0 Å². The van der Waals surface area contributed by atoms with E-state index in [1.165, 1.54) is 0 Å². The standard InChI is InChI=1S/C16H36N4O2Si/c1-15(2)19-9-10-20(16(3)4)23(19,21-13-11-17(5)6)22-14-12-18(7)8/h9-10,15-16H,11-14H2,1-8H3. The Kier molecular flexibility index (Phi) is 8.03. The highest BCUT2D eigenvalue weighted by Crippen LogP contribution is 2.30. The maximum atomic E-state index is 6.48. The van der Waals surface area contributed by atoms with Crippen molar-refractivity contribution in [1.29, 1.82) is 0 Å². The second-order valence-electron chi connectivity index (χ2n) is 7.15. The van der Waals surface area contributed by atoms with Crippen LogP contribution in [0.4, 0.5) is 0 Å². The third-order valence-electron chi connectivity index (χ3n) is 3.81. The minimum atomic E-state index is -2.65. The van der Waals surface area contributed by atoms with Gasteiger partial charge in [0.2, 0.25) is 0 Å². The molecule has 1 aliphatic heterocycles. The van der Waals surface area contributed by atoms with Crippen LogP contribution in [0.15, 0.2) is 12.4 Å². The van der Waals surface area contributed by atoms with Crippen LogP contribution >= 0.6 is 0 Å². The lowest BCUT2D eigenvalue weighted by molar-refractivity contribution is 0.0668. The van der Waals surface area contributed by atoms with Gasteiger partial charge in [0.15, 0.2) is 0 Å². The highest BCUT2D eigenvalue weighted by atomic mass is 28.4. The first-order valence-electron chi connectivity index (χ1n) is 8.53. The van der Waals surface area contributed by atoms with Gasteiger partial charge in [-0.25, -0.2) is 0 Å². The topological polar surface area (TPSA) is 31.4 Å². The molecule has 0 fully saturated rings. The van der Waals surface area contributed by atoms with Crippen molar-refractivity contribution < 1.29 is 8.85 Å². The van der Waals surface area contributed by atoms with Crippen molar-refractivity contribution in [1.82, 2.24) is 18.9 Å². The quantitative estimate of drug-likeness (QED) is 0.558. The third kappa shape index (κ3) is 5.46. The van der Waals surface area contributed by atoms with Gasteiger partial charge in [-0.2, -0.15) is 0 Å². The van der Waals surface area contributed by atoms with Crippen LogP contribution in [0.1, 0.15) is 27.7 Å². The Bertz CT molecular complexity index is 341. The molecule has 1 heterocycles. The van der Waals surface area contributed by atoms with E-state index in [1.807, 2.05) is 0 Å². The van der Waals surface area contributed by atoms with Gasteiger partial charge in [-0.1, -0.05) is 0 Å². The summed E-state index contributed by atoms with van der Waals surface area (Å²) < 4.78 is 17.6. The smallest absolute Gasteiger partial charge is 0.360 e. The van der Waals surface area contributed by atoms with E-state index in [4.69, 9.17) is 8.85 Å². The van der Waals surface area contributed by atoms with Crippen LogP contribution in [0.2, 0.25) is 0 Å². The van der Waals surface area contributed by atoms with Crippen molar-refractivity contribution in [2.24, 2.45) is 0 Å². The fourth-order valence-corrected chi connectivity index (χ4v) is 6.00. The number of nitrogens with zero attached hydrogens (tertiary/aromatic N) is 4. The molecule has 7 heteroatoms. The molecule has 6 nitrogen and oxygen atoms in total. The SMILES string of the molecule is CC(C)N1C=CN(C(C)C)[Si]1(OCCN(C)C)OCCN(C)C. The molecule has 0 aliphatic carbocycles. The average molecular weight is 345 g/mol. The highest BCUT2D eigenvalue weighted by molar-refractivity contribution is 6.63. The molecule has 0 amide bonds. The van der Waals surface area contributed by atoms with Crippen molar-refractivity contribution in [3.63, 3.8) is 0 Å². The average Bonchev–Trinajstić information content (AvgIpc) is 2.77. The van der Waals surface area contributed by atoms with E-state index in [2.05, 4.69) is 87.2 Å². The van der Waals surface area contributed by atoms with Gasteiger partial charge in [0, 0.05) is 37.6 Å². The Morgan fingerprint density at radius 3 is 1.39 bits per heavy atom. The fourth-order valence-electron chi connectivity index (χ4n) is 2.52. The van der Waals surface area contributed by atoms with E-state index >= 15 is 0 Å². The summed E-state index contributed by atoms with van der Waals surface area (Å²) in [4.78, 5) is 4.29. The summed E-state index contributed by atoms with van der Waals surface area (Å²) in [6.07, 6.45) is 4.28. The zero-order valence-corrected chi connectivity index (χ0v) is 17.2. The van der Waals surface area contributed by atoms with Crippen LogP contribution in [0.25, 0.3) is 0 Å². The summed E-state index contributed by atoms with van der Waals surface area (Å²) in [5.41, 5.74) is 0. The van der Waals surface area contributed by atoms with Gasteiger partial charge in [0.05, 0.1) is 13.2 Å². The van der Waals surface area contributed by atoms with Crippen molar-refractivity contribution in [3.8, 4) is 0 Å². The zero-order valence-electron chi connectivity index (χ0n) is 16.2. The summed E-state index contributed by atoms with van der Waals surface area (Å²) in [7, 11) is 5.62. The van der Waals surface area contributed by atoms with E-state index in [1.54, 1.807) is 0 Å². The van der Waals surface area contributed by atoms with Crippen molar-refractivity contribution in [2.45, 2.75) is 39.8 Å². The van der Waals surface area contributed by atoms with Crippen molar-refractivity contribution in [3.05, 3.63) is 12.4 Å². The monoisotopic (exact) mass is 344 g/mol. The molecule has 23 heavy (non-hydrogen) atoms. The summed E-state index contributed by atoms with van der Waals surface area (Å²) in [6.45, 7) is 11.9. The fraction of sp³-hybridized carbons (Fsp3) is 0.875.